The van der Waals surface area contributed by atoms with Crippen LogP contribution >= 0.6 is 11.6 Å². The Hall–Kier alpha value is -0.810. The lowest BCUT2D eigenvalue weighted by Gasteiger charge is -2.00. The van der Waals surface area contributed by atoms with Crippen molar-refractivity contribution in [2.24, 2.45) is 0 Å². The summed E-state index contributed by atoms with van der Waals surface area (Å²) < 4.78 is 27.0. The summed E-state index contributed by atoms with van der Waals surface area (Å²) in [5.41, 5.74) is 0.319. The molecule has 0 spiro atoms. The second-order valence-electron chi connectivity index (χ2n) is 1.90. The van der Waals surface area contributed by atoms with E-state index >= 15 is 0 Å². The van der Waals surface area contributed by atoms with Crippen molar-refractivity contribution >= 4 is 11.6 Å². The van der Waals surface area contributed by atoms with Gasteiger partial charge in [0.2, 0.25) is 0 Å². The molecule has 0 bridgehead atoms. The standard InChI is InChI=1S/C6H5ClF2N2O/c7-5-2-10-4(1-11-5)3-12-6(8)9/h1-2,6H,3H2. The number of rotatable bonds is 3. The summed E-state index contributed by atoms with van der Waals surface area (Å²) in [7, 11) is 0. The van der Waals surface area contributed by atoms with Gasteiger partial charge in [0.05, 0.1) is 24.7 Å². The fraction of sp³-hybridized carbons (Fsp3) is 0.333. The minimum atomic E-state index is -2.79. The van der Waals surface area contributed by atoms with E-state index in [1.54, 1.807) is 0 Å². The average molecular weight is 195 g/mol. The zero-order chi connectivity index (χ0) is 8.97. The van der Waals surface area contributed by atoms with Gasteiger partial charge >= 0.3 is 6.61 Å². The largest absolute Gasteiger partial charge is 0.345 e. The van der Waals surface area contributed by atoms with Crippen LogP contribution in [0, 0.1) is 0 Å². The zero-order valence-corrected chi connectivity index (χ0v) is 6.63. The molecule has 0 saturated heterocycles. The molecule has 3 nitrogen and oxygen atoms in total. The van der Waals surface area contributed by atoms with Crippen LogP contribution in [0.25, 0.3) is 0 Å². The highest BCUT2D eigenvalue weighted by Gasteiger charge is 2.02. The second kappa shape index (κ2) is 4.27. The van der Waals surface area contributed by atoms with Gasteiger partial charge in [-0.05, 0) is 0 Å². The third kappa shape index (κ3) is 3.06. The SMILES string of the molecule is FC(F)OCc1cnc(Cl)cn1. The first-order chi connectivity index (χ1) is 5.68. The van der Waals surface area contributed by atoms with Gasteiger partial charge in [0.25, 0.3) is 0 Å². The van der Waals surface area contributed by atoms with Gasteiger partial charge in [-0.25, -0.2) is 4.98 Å². The summed E-state index contributed by atoms with van der Waals surface area (Å²) in [6.07, 6.45) is 2.55. The molecule has 0 aliphatic heterocycles. The molecule has 0 atom stereocenters. The van der Waals surface area contributed by atoms with Gasteiger partial charge in [0.15, 0.2) is 0 Å². The Kier molecular flexibility index (Phi) is 3.31. The van der Waals surface area contributed by atoms with Crippen molar-refractivity contribution in [2.75, 3.05) is 0 Å². The highest BCUT2D eigenvalue weighted by atomic mass is 35.5. The Morgan fingerprint density at radius 1 is 1.42 bits per heavy atom. The predicted octanol–water partition coefficient (Wildman–Crippen LogP) is 1.87. The van der Waals surface area contributed by atoms with Crippen molar-refractivity contribution in [2.45, 2.75) is 13.2 Å². The lowest BCUT2D eigenvalue weighted by atomic mass is 10.5. The van der Waals surface area contributed by atoms with E-state index < -0.39 is 6.61 Å². The van der Waals surface area contributed by atoms with E-state index in [0.717, 1.165) is 0 Å². The fourth-order valence-electron chi connectivity index (χ4n) is 0.562. The van der Waals surface area contributed by atoms with Gasteiger partial charge in [-0.15, -0.1) is 0 Å². The van der Waals surface area contributed by atoms with E-state index in [4.69, 9.17) is 11.6 Å². The number of hydrogen-bond donors (Lipinski definition) is 0. The van der Waals surface area contributed by atoms with E-state index in [-0.39, 0.29) is 11.8 Å². The maximum Gasteiger partial charge on any atom is 0.345 e. The molecule has 66 valence electrons. The normalized spacial score (nSPS) is 10.7. The molecule has 6 heteroatoms. The molecular weight excluding hydrogens is 190 g/mol. The molecule has 1 aromatic rings. The van der Waals surface area contributed by atoms with Crippen molar-refractivity contribution in [3.63, 3.8) is 0 Å². The molecular formula is C6H5ClF2N2O. The van der Waals surface area contributed by atoms with Crippen molar-refractivity contribution in [1.29, 1.82) is 0 Å². The predicted molar refractivity (Wildman–Crippen MR) is 37.8 cm³/mol. The third-order valence-electron chi connectivity index (χ3n) is 1.03. The molecule has 1 rings (SSSR count). The summed E-state index contributed by atoms with van der Waals surface area (Å²) >= 11 is 5.41. The number of alkyl halides is 2. The highest BCUT2D eigenvalue weighted by molar-refractivity contribution is 6.29. The third-order valence-corrected chi connectivity index (χ3v) is 1.23. The van der Waals surface area contributed by atoms with Gasteiger partial charge in [-0.2, -0.15) is 8.78 Å². The zero-order valence-electron chi connectivity index (χ0n) is 5.88. The van der Waals surface area contributed by atoms with Gasteiger partial charge in [0.1, 0.15) is 5.15 Å². The van der Waals surface area contributed by atoms with Crippen LogP contribution in [0.3, 0.4) is 0 Å². The first-order valence-corrected chi connectivity index (χ1v) is 3.42. The van der Waals surface area contributed by atoms with Gasteiger partial charge in [-0.3, -0.25) is 4.98 Å². The van der Waals surface area contributed by atoms with Crippen LogP contribution < -0.4 is 0 Å². The van der Waals surface area contributed by atoms with E-state index in [1.807, 2.05) is 0 Å². The minimum absolute atomic E-state index is 0.218. The number of ether oxygens (including phenoxy) is 1. The lowest BCUT2D eigenvalue weighted by Crippen LogP contribution is -2.01. The second-order valence-corrected chi connectivity index (χ2v) is 2.29. The maximum absolute atomic E-state index is 11.5. The number of aromatic nitrogens is 2. The van der Waals surface area contributed by atoms with Crippen LogP contribution in [0.1, 0.15) is 5.69 Å². The van der Waals surface area contributed by atoms with Crippen LogP contribution in [0.5, 0.6) is 0 Å². The average Bonchev–Trinajstić information content (AvgIpc) is 2.03. The molecule has 1 aromatic heterocycles. The molecule has 0 aromatic carbocycles. The molecule has 0 amide bonds. The van der Waals surface area contributed by atoms with Crippen LogP contribution in [0.2, 0.25) is 5.15 Å². The highest BCUT2D eigenvalue weighted by Crippen LogP contribution is 2.04. The summed E-state index contributed by atoms with van der Waals surface area (Å²) in [5.74, 6) is 0. The Balaban J connectivity index is 2.48. The quantitative estimate of drug-likeness (QED) is 0.737. The van der Waals surface area contributed by atoms with Crippen molar-refractivity contribution in [3.8, 4) is 0 Å². The first kappa shape index (κ1) is 9.28. The molecule has 0 saturated carbocycles. The van der Waals surface area contributed by atoms with Gasteiger partial charge in [-0.1, -0.05) is 11.6 Å². The topological polar surface area (TPSA) is 35.0 Å². The summed E-state index contributed by atoms with van der Waals surface area (Å²) in [6.45, 7) is -3.05. The Labute approximate surface area is 72.3 Å². The first-order valence-electron chi connectivity index (χ1n) is 3.04. The summed E-state index contributed by atoms with van der Waals surface area (Å²) in [4.78, 5) is 7.33. The molecule has 0 aliphatic carbocycles. The molecule has 0 fully saturated rings. The fourth-order valence-corrected chi connectivity index (χ4v) is 0.660. The molecule has 1 heterocycles. The molecule has 0 unspecified atom stereocenters. The monoisotopic (exact) mass is 194 g/mol. The van der Waals surface area contributed by atoms with Crippen molar-refractivity contribution in [3.05, 3.63) is 23.2 Å². The number of nitrogens with zero attached hydrogens (tertiary/aromatic N) is 2. The Bertz CT molecular complexity index is 242. The Morgan fingerprint density at radius 3 is 2.67 bits per heavy atom. The van der Waals surface area contributed by atoms with Gasteiger partial charge < -0.3 is 4.74 Å². The smallest absolute Gasteiger partial charge is 0.316 e. The molecule has 0 N–H and O–H groups in total. The van der Waals surface area contributed by atoms with Crippen molar-refractivity contribution < 1.29 is 13.5 Å². The minimum Gasteiger partial charge on any atom is -0.316 e. The number of halogens is 3. The Morgan fingerprint density at radius 2 is 2.17 bits per heavy atom. The van der Waals surface area contributed by atoms with Crippen LogP contribution in [-0.4, -0.2) is 16.6 Å². The lowest BCUT2D eigenvalue weighted by molar-refractivity contribution is -0.138. The van der Waals surface area contributed by atoms with Crippen molar-refractivity contribution in [1.82, 2.24) is 9.97 Å². The van der Waals surface area contributed by atoms with Gasteiger partial charge in [0, 0.05) is 0 Å². The van der Waals surface area contributed by atoms with Crippen LogP contribution in [0.4, 0.5) is 8.78 Å². The molecule has 12 heavy (non-hydrogen) atoms. The van der Waals surface area contributed by atoms with Crippen LogP contribution in [-0.2, 0) is 11.3 Å². The molecule has 0 radical (unpaired) electrons. The van der Waals surface area contributed by atoms with E-state index in [1.165, 1.54) is 12.4 Å². The van der Waals surface area contributed by atoms with E-state index in [2.05, 4.69) is 14.7 Å². The van der Waals surface area contributed by atoms with E-state index in [0.29, 0.717) is 5.69 Å². The molecule has 0 aliphatic rings. The maximum atomic E-state index is 11.5. The van der Waals surface area contributed by atoms with Crippen LogP contribution in [0.15, 0.2) is 12.4 Å². The summed E-state index contributed by atoms with van der Waals surface area (Å²) in [5, 5.41) is 0.218. The number of hydrogen-bond acceptors (Lipinski definition) is 3. The van der Waals surface area contributed by atoms with E-state index in [9.17, 15) is 8.78 Å². The summed E-state index contributed by atoms with van der Waals surface area (Å²) in [6, 6.07) is 0.